The number of fused-ring (bicyclic) bond motifs is 3. The fourth-order valence-corrected chi connectivity index (χ4v) is 5.98. The Balaban J connectivity index is 0.000000175. The van der Waals surface area contributed by atoms with E-state index in [2.05, 4.69) is 85.8 Å². The quantitative estimate of drug-likeness (QED) is 0.189. The summed E-state index contributed by atoms with van der Waals surface area (Å²) in [7, 11) is 0.0410. The molecule has 0 saturated carbocycles. The number of hydrogen-bond donors (Lipinski definition) is 0. The highest BCUT2D eigenvalue weighted by Crippen LogP contribution is 2.35. The molecule has 0 heterocycles. The van der Waals surface area contributed by atoms with Gasteiger partial charge in [-0.25, -0.2) is 0 Å². The van der Waals surface area contributed by atoms with Crippen LogP contribution in [0.3, 0.4) is 0 Å². The molecular weight excluding hydrogens is 376 g/mol. The van der Waals surface area contributed by atoms with Gasteiger partial charge in [-0.2, -0.15) is 0 Å². The summed E-state index contributed by atoms with van der Waals surface area (Å²) in [6.45, 7) is 2.29. The molecule has 0 aliphatic heterocycles. The molecule has 4 rings (SSSR count). The van der Waals surface area contributed by atoms with Gasteiger partial charge in [-0.1, -0.05) is 148 Å². The largest absolute Gasteiger partial charge is 0.0669 e. The summed E-state index contributed by atoms with van der Waals surface area (Å²) in [6.07, 6.45) is 12.7. The molecule has 0 nitrogen and oxygen atoms in total. The zero-order valence-corrected chi connectivity index (χ0v) is 20.2. The molecule has 0 radical (unpaired) electrons. The highest BCUT2D eigenvalue weighted by Gasteiger charge is 2.15. The van der Waals surface area contributed by atoms with Gasteiger partial charge in [0, 0.05) is 0 Å². The Kier molecular flexibility index (Phi) is 9.95. The third kappa shape index (κ3) is 7.29. The molecule has 1 aliphatic rings. The molecule has 0 bridgehead atoms. The fourth-order valence-electron chi connectivity index (χ4n) is 4.36. The first-order valence-electron chi connectivity index (χ1n) is 12.1. The van der Waals surface area contributed by atoms with Gasteiger partial charge in [-0.15, -0.1) is 0 Å². The number of rotatable bonds is 10. The molecule has 1 heteroatoms. The third-order valence-electron chi connectivity index (χ3n) is 6.12. The van der Waals surface area contributed by atoms with E-state index in [-0.39, 0.29) is 9.52 Å². The number of unbranched alkanes of at least 4 members (excludes halogenated alkanes) is 7. The first kappa shape index (κ1) is 22.6. The van der Waals surface area contributed by atoms with Crippen molar-refractivity contribution in [1.29, 1.82) is 0 Å². The van der Waals surface area contributed by atoms with Gasteiger partial charge in [-0.3, -0.25) is 0 Å². The van der Waals surface area contributed by atoms with Crippen LogP contribution in [0, 0.1) is 0 Å². The van der Waals surface area contributed by atoms with Crippen molar-refractivity contribution < 1.29 is 0 Å². The Hall–Kier alpha value is -2.12. The molecule has 0 spiro atoms. The van der Waals surface area contributed by atoms with E-state index in [1.54, 1.807) is 5.19 Å². The lowest BCUT2D eigenvalue weighted by Gasteiger charge is -2.02. The van der Waals surface area contributed by atoms with Crippen LogP contribution in [0.2, 0.25) is 6.04 Å². The van der Waals surface area contributed by atoms with Crippen molar-refractivity contribution in [2.75, 3.05) is 0 Å². The van der Waals surface area contributed by atoms with Crippen LogP contribution in [0.4, 0.5) is 0 Å². The van der Waals surface area contributed by atoms with Crippen LogP contribution in [0.1, 0.15) is 69.4 Å². The molecule has 0 amide bonds. The fraction of sp³-hybridized carbons (Fsp3) is 0.379. The molecule has 0 fully saturated rings. The van der Waals surface area contributed by atoms with Gasteiger partial charge in [0.15, 0.2) is 0 Å². The summed E-state index contributed by atoms with van der Waals surface area (Å²) in [6, 6.07) is 29.9. The van der Waals surface area contributed by atoms with Crippen LogP contribution in [-0.4, -0.2) is 9.52 Å². The predicted octanol–water partition coefficient (Wildman–Crippen LogP) is 7.30. The monoisotopic (exact) mass is 414 g/mol. The molecule has 0 atom stereocenters. The lowest BCUT2D eigenvalue weighted by Crippen LogP contribution is -2.12. The highest BCUT2D eigenvalue weighted by atomic mass is 28.2. The average molecular weight is 415 g/mol. The van der Waals surface area contributed by atoms with Crippen molar-refractivity contribution in [2.45, 2.75) is 70.8 Å². The van der Waals surface area contributed by atoms with E-state index < -0.39 is 0 Å². The lowest BCUT2D eigenvalue weighted by atomic mass is 10.1. The molecular formula is C29H38Si. The maximum Gasteiger partial charge on any atom is 0.0547 e. The van der Waals surface area contributed by atoms with Crippen LogP contribution >= 0.6 is 0 Å². The molecule has 0 aromatic heterocycles. The average Bonchev–Trinajstić information content (AvgIpc) is 3.18. The van der Waals surface area contributed by atoms with Crippen molar-refractivity contribution in [3.63, 3.8) is 0 Å². The third-order valence-corrected chi connectivity index (χ3v) is 8.02. The van der Waals surface area contributed by atoms with Crippen LogP contribution in [0.5, 0.6) is 0 Å². The topological polar surface area (TPSA) is 0 Å². The van der Waals surface area contributed by atoms with E-state index in [1.165, 1.54) is 79.7 Å². The second kappa shape index (κ2) is 13.2. The van der Waals surface area contributed by atoms with Crippen molar-refractivity contribution in [3.8, 4) is 11.1 Å². The molecule has 30 heavy (non-hydrogen) atoms. The Morgan fingerprint density at radius 1 is 0.567 bits per heavy atom. The summed E-state index contributed by atoms with van der Waals surface area (Å²) in [5, 5.41) is 1.63. The first-order chi connectivity index (χ1) is 14.9. The van der Waals surface area contributed by atoms with Crippen LogP contribution < -0.4 is 5.19 Å². The van der Waals surface area contributed by atoms with Gasteiger partial charge < -0.3 is 0 Å². The Bertz CT molecular complexity index is 810. The minimum absolute atomic E-state index is 0.0410. The summed E-state index contributed by atoms with van der Waals surface area (Å²) in [4.78, 5) is 0. The normalized spacial score (nSPS) is 11.8. The molecule has 0 unspecified atom stereocenters. The highest BCUT2D eigenvalue weighted by molar-refractivity contribution is 6.53. The second-order valence-electron chi connectivity index (χ2n) is 8.56. The molecule has 0 N–H and O–H groups in total. The lowest BCUT2D eigenvalue weighted by molar-refractivity contribution is 0.585. The Morgan fingerprint density at radius 2 is 1.07 bits per heavy atom. The Morgan fingerprint density at radius 3 is 1.67 bits per heavy atom. The minimum Gasteiger partial charge on any atom is -0.0669 e. The summed E-state index contributed by atoms with van der Waals surface area (Å²) < 4.78 is 0. The predicted molar refractivity (Wildman–Crippen MR) is 137 cm³/mol. The van der Waals surface area contributed by atoms with E-state index in [1.807, 2.05) is 0 Å². The zero-order chi connectivity index (χ0) is 20.9. The SMILES string of the molecule is CCCCCCCCCC[SiH2]c1ccccc1.c1ccc2c(c1)Cc1ccccc1-2. The standard InChI is InChI=1S/C16H28Si.C13H10/c1-2-3-4-5-6-7-8-12-15-17-16-13-10-9-11-14-16;1-3-7-12-10(5-1)9-11-6-2-4-8-13(11)12/h9-11,13-14H,2-8,12,15,17H2,1H3;1-8H,9H2. The molecule has 1 aliphatic carbocycles. The number of benzene rings is 3. The summed E-state index contributed by atoms with van der Waals surface area (Å²) in [5.74, 6) is 0. The molecule has 0 saturated heterocycles. The van der Waals surface area contributed by atoms with E-state index in [0.717, 1.165) is 6.42 Å². The Labute approximate surface area is 186 Å². The van der Waals surface area contributed by atoms with Crippen LogP contribution in [0.25, 0.3) is 11.1 Å². The molecule has 3 aromatic carbocycles. The van der Waals surface area contributed by atoms with E-state index >= 15 is 0 Å². The summed E-state index contributed by atoms with van der Waals surface area (Å²) in [5.41, 5.74) is 5.75. The van der Waals surface area contributed by atoms with Gasteiger partial charge in [0.05, 0.1) is 9.52 Å². The van der Waals surface area contributed by atoms with E-state index in [4.69, 9.17) is 0 Å². The van der Waals surface area contributed by atoms with Crippen molar-refractivity contribution in [1.82, 2.24) is 0 Å². The molecule has 3 aromatic rings. The minimum atomic E-state index is 0.0410. The van der Waals surface area contributed by atoms with Gasteiger partial charge in [0.25, 0.3) is 0 Å². The van der Waals surface area contributed by atoms with E-state index in [9.17, 15) is 0 Å². The van der Waals surface area contributed by atoms with Crippen molar-refractivity contribution in [2.24, 2.45) is 0 Å². The molecule has 158 valence electrons. The van der Waals surface area contributed by atoms with Crippen LogP contribution in [0.15, 0.2) is 78.9 Å². The van der Waals surface area contributed by atoms with Gasteiger partial charge >= 0.3 is 0 Å². The smallest absolute Gasteiger partial charge is 0.0547 e. The van der Waals surface area contributed by atoms with Crippen molar-refractivity contribution >= 4 is 14.7 Å². The first-order valence-corrected chi connectivity index (χ1v) is 13.8. The van der Waals surface area contributed by atoms with Crippen molar-refractivity contribution in [3.05, 3.63) is 90.0 Å². The van der Waals surface area contributed by atoms with Gasteiger partial charge in [0.1, 0.15) is 0 Å². The van der Waals surface area contributed by atoms with Crippen LogP contribution in [-0.2, 0) is 6.42 Å². The maximum absolute atomic E-state index is 2.30. The van der Waals surface area contributed by atoms with Gasteiger partial charge in [0.2, 0.25) is 0 Å². The zero-order valence-electron chi connectivity index (χ0n) is 18.8. The summed E-state index contributed by atoms with van der Waals surface area (Å²) >= 11 is 0. The van der Waals surface area contributed by atoms with E-state index in [0.29, 0.717) is 0 Å². The maximum atomic E-state index is 2.30. The van der Waals surface area contributed by atoms with Gasteiger partial charge in [-0.05, 0) is 28.7 Å². The number of hydrogen-bond acceptors (Lipinski definition) is 0. The second-order valence-corrected chi connectivity index (χ2v) is 10.6.